The molecule has 0 bridgehead atoms. The molecule has 126 valence electrons. The number of hydrogen-bond acceptors (Lipinski definition) is 5. The molecule has 0 saturated carbocycles. The second-order valence-corrected chi connectivity index (χ2v) is 6.42. The number of halogens is 1. The second-order valence-electron chi connectivity index (χ2n) is 6.01. The van der Waals surface area contributed by atoms with Gasteiger partial charge >= 0.3 is 0 Å². The third-order valence-electron chi connectivity index (χ3n) is 3.89. The van der Waals surface area contributed by atoms with Crippen LogP contribution in [0, 0.1) is 16.0 Å². The molecule has 23 heavy (non-hydrogen) atoms. The van der Waals surface area contributed by atoms with Gasteiger partial charge in [0.2, 0.25) is 5.91 Å². The number of anilines is 2. The standard InChI is InChI=1S/C15H21ClN4O3/c1-10(2)15(21)17-12-9-13(14(20(22)23)8-11(12)16)19-6-4-18(3)5-7-19/h8-10H,4-7H2,1-3H3,(H,17,21). The molecule has 0 aromatic heterocycles. The first-order valence-electron chi connectivity index (χ1n) is 7.52. The number of likely N-dealkylation sites (N-methyl/N-ethyl adjacent to an activating group) is 1. The van der Waals surface area contributed by atoms with E-state index in [1.807, 2.05) is 11.9 Å². The molecular formula is C15H21ClN4O3. The number of carbonyl (C=O) groups is 1. The number of rotatable bonds is 4. The SMILES string of the molecule is CC(C)C(=O)Nc1cc(N2CCN(C)CC2)c([N+](=O)[O-])cc1Cl. The van der Waals surface area contributed by atoms with Gasteiger partial charge in [-0.2, -0.15) is 0 Å². The van der Waals surface area contributed by atoms with Crippen LogP contribution in [0.15, 0.2) is 12.1 Å². The zero-order valence-corrected chi connectivity index (χ0v) is 14.3. The van der Waals surface area contributed by atoms with E-state index in [4.69, 9.17) is 11.6 Å². The number of nitrogens with one attached hydrogen (secondary N) is 1. The Bertz CT molecular complexity index is 613. The fraction of sp³-hybridized carbons (Fsp3) is 0.533. The second kappa shape index (κ2) is 7.14. The minimum atomic E-state index is -0.437. The predicted molar refractivity (Wildman–Crippen MR) is 91.3 cm³/mol. The molecule has 1 aromatic carbocycles. The molecule has 1 aromatic rings. The molecule has 0 unspecified atom stereocenters. The summed E-state index contributed by atoms with van der Waals surface area (Å²) in [4.78, 5) is 26.9. The van der Waals surface area contributed by atoms with Crippen LogP contribution in [-0.4, -0.2) is 49.0 Å². The van der Waals surface area contributed by atoms with Gasteiger partial charge in [0.05, 0.1) is 15.6 Å². The first-order valence-corrected chi connectivity index (χ1v) is 7.89. The van der Waals surface area contributed by atoms with Gasteiger partial charge in [-0.05, 0) is 13.1 Å². The van der Waals surface area contributed by atoms with Crippen molar-refractivity contribution in [2.45, 2.75) is 13.8 Å². The highest BCUT2D eigenvalue weighted by molar-refractivity contribution is 6.34. The zero-order chi connectivity index (χ0) is 17.1. The molecule has 1 aliphatic rings. The molecule has 0 radical (unpaired) electrons. The van der Waals surface area contributed by atoms with E-state index in [1.54, 1.807) is 19.9 Å². The van der Waals surface area contributed by atoms with Crippen LogP contribution in [0.5, 0.6) is 0 Å². The van der Waals surface area contributed by atoms with Crippen molar-refractivity contribution in [3.63, 3.8) is 0 Å². The molecule has 0 aliphatic carbocycles. The van der Waals surface area contributed by atoms with Gasteiger partial charge in [-0.3, -0.25) is 14.9 Å². The van der Waals surface area contributed by atoms with Crippen LogP contribution in [0.25, 0.3) is 0 Å². The average molecular weight is 341 g/mol. The molecule has 2 rings (SSSR count). The average Bonchev–Trinajstić information content (AvgIpc) is 2.49. The smallest absolute Gasteiger partial charge is 0.294 e. The summed E-state index contributed by atoms with van der Waals surface area (Å²) in [6, 6.07) is 2.91. The van der Waals surface area contributed by atoms with E-state index in [0.717, 1.165) is 13.1 Å². The predicted octanol–water partition coefficient (Wildman–Crippen LogP) is 2.59. The van der Waals surface area contributed by atoms with Gasteiger partial charge in [-0.15, -0.1) is 0 Å². The van der Waals surface area contributed by atoms with E-state index < -0.39 is 4.92 Å². The van der Waals surface area contributed by atoms with E-state index in [1.165, 1.54) is 6.07 Å². The van der Waals surface area contributed by atoms with E-state index in [-0.39, 0.29) is 22.5 Å². The summed E-state index contributed by atoms with van der Waals surface area (Å²) in [6.07, 6.45) is 0. The highest BCUT2D eigenvalue weighted by Gasteiger charge is 2.25. The summed E-state index contributed by atoms with van der Waals surface area (Å²) in [5, 5.41) is 14.2. The molecule has 0 spiro atoms. The molecule has 0 atom stereocenters. The zero-order valence-electron chi connectivity index (χ0n) is 13.5. The van der Waals surface area contributed by atoms with E-state index in [2.05, 4.69) is 10.2 Å². The van der Waals surface area contributed by atoms with Crippen molar-refractivity contribution in [2.24, 2.45) is 5.92 Å². The Hall–Kier alpha value is -1.86. The molecule has 1 amide bonds. The van der Waals surface area contributed by atoms with Crippen molar-refractivity contribution in [2.75, 3.05) is 43.4 Å². The normalized spacial score (nSPS) is 15.8. The summed E-state index contributed by atoms with van der Waals surface area (Å²) < 4.78 is 0. The fourth-order valence-corrected chi connectivity index (χ4v) is 2.58. The first kappa shape index (κ1) is 17.5. The lowest BCUT2D eigenvalue weighted by Crippen LogP contribution is -2.44. The van der Waals surface area contributed by atoms with Crippen LogP contribution < -0.4 is 10.2 Å². The molecule has 1 aliphatic heterocycles. The molecule has 1 heterocycles. The van der Waals surface area contributed by atoms with Crippen molar-refractivity contribution < 1.29 is 9.72 Å². The molecule has 7 nitrogen and oxygen atoms in total. The number of carbonyl (C=O) groups excluding carboxylic acids is 1. The quantitative estimate of drug-likeness (QED) is 0.673. The summed E-state index contributed by atoms with van der Waals surface area (Å²) >= 11 is 6.11. The number of nitro benzene ring substituents is 1. The Morgan fingerprint density at radius 3 is 2.43 bits per heavy atom. The Morgan fingerprint density at radius 2 is 1.91 bits per heavy atom. The molecule has 1 fully saturated rings. The maximum absolute atomic E-state index is 11.9. The maximum Gasteiger partial charge on any atom is 0.294 e. The number of piperazine rings is 1. The van der Waals surface area contributed by atoms with Gasteiger partial charge in [-0.1, -0.05) is 25.4 Å². The van der Waals surface area contributed by atoms with Crippen LogP contribution in [0.4, 0.5) is 17.1 Å². The van der Waals surface area contributed by atoms with Crippen molar-refractivity contribution in [3.05, 3.63) is 27.3 Å². The lowest BCUT2D eigenvalue weighted by atomic mass is 10.1. The summed E-state index contributed by atoms with van der Waals surface area (Å²) in [5.41, 5.74) is 0.860. The van der Waals surface area contributed by atoms with Gasteiger partial charge in [0.15, 0.2) is 0 Å². The lowest BCUT2D eigenvalue weighted by molar-refractivity contribution is -0.384. The van der Waals surface area contributed by atoms with Gasteiger partial charge in [0, 0.05) is 38.2 Å². The van der Waals surface area contributed by atoms with E-state index >= 15 is 0 Å². The fourth-order valence-electron chi connectivity index (χ4n) is 2.37. The molecule has 8 heteroatoms. The number of nitro groups is 1. The van der Waals surface area contributed by atoms with Crippen molar-refractivity contribution in [1.29, 1.82) is 0 Å². The van der Waals surface area contributed by atoms with Gasteiger partial charge in [0.25, 0.3) is 5.69 Å². The van der Waals surface area contributed by atoms with Crippen molar-refractivity contribution in [3.8, 4) is 0 Å². The summed E-state index contributed by atoms with van der Waals surface area (Å²) in [7, 11) is 2.02. The maximum atomic E-state index is 11.9. The molecular weight excluding hydrogens is 320 g/mol. The lowest BCUT2D eigenvalue weighted by Gasteiger charge is -2.34. The number of amides is 1. The number of nitrogens with zero attached hydrogens (tertiary/aromatic N) is 3. The van der Waals surface area contributed by atoms with Crippen LogP contribution in [-0.2, 0) is 4.79 Å². The number of hydrogen-bond donors (Lipinski definition) is 1. The third kappa shape index (κ3) is 4.11. The Morgan fingerprint density at radius 1 is 1.30 bits per heavy atom. The summed E-state index contributed by atoms with van der Waals surface area (Å²) in [6.45, 7) is 6.58. The van der Waals surface area contributed by atoms with Crippen molar-refractivity contribution >= 4 is 34.6 Å². The third-order valence-corrected chi connectivity index (χ3v) is 4.20. The van der Waals surface area contributed by atoms with Crippen molar-refractivity contribution in [1.82, 2.24) is 4.90 Å². The van der Waals surface area contributed by atoms with Gasteiger partial charge < -0.3 is 15.1 Å². The van der Waals surface area contributed by atoms with Crippen LogP contribution in [0.1, 0.15) is 13.8 Å². The largest absolute Gasteiger partial charge is 0.363 e. The van der Waals surface area contributed by atoms with Crippen LogP contribution in [0.3, 0.4) is 0 Å². The van der Waals surface area contributed by atoms with Gasteiger partial charge in [0.1, 0.15) is 5.69 Å². The Balaban J connectivity index is 2.37. The summed E-state index contributed by atoms with van der Waals surface area (Å²) in [5.74, 6) is -0.376. The topological polar surface area (TPSA) is 78.7 Å². The van der Waals surface area contributed by atoms with E-state index in [0.29, 0.717) is 24.5 Å². The highest BCUT2D eigenvalue weighted by Crippen LogP contribution is 2.37. The van der Waals surface area contributed by atoms with Gasteiger partial charge in [-0.25, -0.2) is 0 Å². The first-order chi connectivity index (χ1) is 10.8. The minimum Gasteiger partial charge on any atom is -0.363 e. The number of benzene rings is 1. The Kier molecular flexibility index (Phi) is 5.43. The van der Waals surface area contributed by atoms with Crippen LogP contribution in [0.2, 0.25) is 5.02 Å². The van der Waals surface area contributed by atoms with Crippen LogP contribution >= 0.6 is 11.6 Å². The minimum absolute atomic E-state index is 0.0397. The molecule has 1 N–H and O–H groups in total. The molecule has 1 saturated heterocycles. The monoisotopic (exact) mass is 340 g/mol. The Labute approximate surface area is 140 Å². The highest BCUT2D eigenvalue weighted by atomic mass is 35.5. The van der Waals surface area contributed by atoms with E-state index in [9.17, 15) is 14.9 Å².